The van der Waals surface area contributed by atoms with Gasteiger partial charge in [-0.3, -0.25) is 9.59 Å². The van der Waals surface area contributed by atoms with Gasteiger partial charge in [-0.25, -0.2) is 0 Å². The number of piperidine rings is 1. The number of benzene rings is 2. The molecule has 1 saturated heterocycles. The molecule has 1 aliphatic carbocycles. The zero-order valence-corrected chi connectivity index (χ0v) is 22.6. The van der Waals surface area contributed by atoms with Crippen molar-refractivity contribution in [1.29, 1.82) is 0 Å². The number of aliphatic hydroxyl groups is 1. The molecule has 2 aromatic carbocycles. The molecule has 3 aliphatic rings. The van der Waals surface area contributed by atoms with Crippen LogP contribution >= 0.6 is 0 Å². The third-order valence-electron chi connectivity index (χ3n) is 8.22. The summed E-state index contributed by atoms with van der Waals surface area (Å²) in [5.41, 5.74) is -2.86. The Morgan fingerprint density at radius 2 is 1.69 bits per heavy atom. The molecule has 2 heterocycles. The average Bonchev–Trinajstić information content (AvgIpc) is 3.75. The summed E-state index contributed by atoms with van der Waals surface area (Å²) < 4.78 is 84.9. The Kier molecular flexibility index (Phi) is 8.18. The van der Waals surface area contributed by atoms with E-state index in [1.54, 1.807) is 18.2 Å². The molecule has 0 bridgehead atoms. The van der Waals surface area contributed by atoms with E-state index in [2.05, 4.69) is 10.6 Å². The quantitative estimate of drug-likeness (QED) is 0.359. The number of nitrogens with one attached hydrogen (secondary N) is 2. The van der Waals surface area contributed by atoms with Gasteiger partial charge in [0.05, 0.1) is 28.3 Å². The number of carbonyl (C=O) groups is 2. The first-order valence-electron chi connectivity index (χ1n) is 13.8. The van der Waals surface area contributed by atoms with Crippen LogP contribution in [0, 0.1) is 11.3 Å². The number of hydrogen-bond acceptors (Lipinski definition) is 5. The van der Waals surface area contributed by atoms with Gasteiger partial charge in [0.1, 0.15) is 5.75 Å². The highest BCUT2D eigenvalue weighted by atomic mass is 19.4. The van der Waals surface area contributed by atoms with Crippen molar-refractivity contribution in [3.63, 3.8) is 0 Å². The second kappa shape index (κ2) is 11.4. The average molecular weight is 600 g/mol. The summed E-state index contributed by atoms with van der Waals surface area (Å²) in [7, 11) is 0. The van der Waals surface area contributed by atoms with E-state index in [9.17, 15) is 41.0 Å². The number of anilines is 1. The van der Waals surface area contributed by atoms with E-state index >= 15 is 0 Å². The van der Waals surface area contributed by atoms with E-state index in [-0.39, 0.29) is 36.6 Å². The minimum absolute atomic E-state index is 0.0675. The van der Waals surface area contributed by atoms with Crippen LogP contribution in [-0.4, -0.2) is 48.1 Å². The Hall–Kier alpha value is -3.32. The highest BCUT2D eigenvalue weighted by Crippen LogP contribution is 2.46. The molecule has 0 radical (unpaired) electrons. The third kappa shape index (κ3) is 7.00. The maximum Gasteiger partial charge on any atom is 0.416 e. The molecule has 3 N–H and O–H groups in total. The number of carbonyl (C=O) groups excluding carboxylic acids is 2. The Morgan fingerprint density at radius 1 is 1.05 bits per heavy atom. The van der Waals surface area contributed by atoms with Crippen molar-refractivity contribution in [3.05, 3.63) is 58.7 Å². The molecule has 1 atom stereocenters. The maximum absolute atomic E-state index is 13.5. The lowest BCUT2D eigenvalue weighted by atomic mass is 9.73. The number of aliphatic hydroxyl groups excluding tert-OH is 1. The largest absolute Gasteiger partial charge is 0.482 e. The minimum Gasteiger partial charge on any atom is -0.482 e. The van der Waals surface area contributed by atoms with Gasteiger partial charge in [-0.2, -0.15) is 26.3 Å². The van der Waals surface area contributed by atoms with Crippen molar-refractivity contribution >= 4 is 17.5 Å². The summed E-state index contributed by atoms with van der Waals surface area (Å²) >= 11 is 0. The molecule has 42 heavy (non-hydrogen) atoms. The summed E-state index contributed by atoms with van der Waals surface area (Å²) in [5, 5.41) is 16.2. The Morgan fingerprint density at radius 3 is 2.29 bits per heavy atom. The first kappa shape index (κ1) is 30.1. The van der Waals surface area contributed by atoms with Gasteiger partial charge in [0, 0.05) is 13.1 Å². The van der Waals surface area contributed by atoms with Crippen LogP contribution in [-0.2, 0) is 28.5 Å². The minimum atomic E-state index is -4.97. The molecule has 0 aromatic heterocycles. The summed E-state index contributed by atoms with van der Waals surface area (Å²) in [6.07, 6.45) is -7.40. The van der Waals surface area contributed by atoms with E-state index in [0.717, 1.165) is 12.8 Å². The van der Waals surface area contributed by atoms with Crippen LogP contribution < -0.4 is 15.4 Å². The fraction of sp³-hybridized carbons (Fsp3) is 0.517. The first-order chi connectivity index (χ1) is 19.7. The topological polar surface area (TPSA) is 90.9 Å². The summed E-state index contributed by atoms with van der Waals surface area (Å²) in [4.78, 5) is 27.1. The predicted molar refractivity (Wildman–Crippen MR) is 139 cm³/mol. The molecule has 13 heteroatoms. The molecule has 2 aromatic rings. The number of halogens is 6. The number of fused-ring (bicyclic) bond motifs is 1. The van der Waals surface area contributed by atoms with Crippen molar-refractivity contribution in [2.75, 3.05) is 31.6 Å². The van der Waals surface area contributed by atoms with Gasteiger partial charge < -0.3 is 25.4 Å². The van der Waals surface area contributed by atoms with E-state index < -0.39 is 41.5 Å². The molecule has 0 spiro atoms. The lowest BCUT2D eigenvalue weighted by molar-refractivity contribution is -0.143. The van der Waals surface area contributed by atoms with Crippen LogP contribution in [0.15, 0.2) is 36.4 Å². The van der Waals surface area contributed by atoms with Gasteiger partial charge in [-0.1, -0.05) is 18.9 Å². The molecule has 2 fully saturated rings. The van der Waals surface area contributed by atoms with E-state index in [4.69, 9.17) is 4.74 Å². The van der Waals surface area contributed by atoms with Gasteiger partial charge in [0.15, 0.2) is 6.61 Å². The molecule has 1 unspecified atom stereocenters. The van der Waals surface area contributed by atoms with E-state index in [0.29, 0.717) is 67.4 Å². The standard InChI is InChI=1S/C29H31F6N3O4/c30-28(31,32)20-9-18(10-21(12-20)29(33,34)35)14-36-26(41)27(13-17-1-2-17)5-7-38(8-6-27)15-23(39)19-3-4-24-22(11-19)37-25(40)16-42-24/h3-4,9-12,17,23,39H,1-2,5-8,13-16H2,(H,36,41)(H,37,40). The van der Waals surface area contributed by atoms with Crippen LogP contribution in [0.25, 0.3) is 0 Å². The smallest absolute Gasteiger partial charge is 0.416 e. The fourth-order valence-corrected chi connectivity index (χ4v) is 5.71. The van der Waals surface area contributed by atoms with Crippen LogP contribution in [0.5, 0.6) is 5.75 Å². The second-order valence-corrected chi connectivity index (χ2v) is 11.4. The maximum atomic E-state index is 13.5. The monoisotopic (exact) mass is 599 g/mol. The number of amides is 2. The number of ether oxygens (including phenoxy) is 1. The van der Waals surface area contributed by atoms with Crippen LogP contribution in [0.4, 0.5) is 32.0 Å². The number of alkyl halides is 6. The fourth-order valence-electron chi connectivity index (χ4n) is 5.71. The molecule has 228 valence electrons. The molecule has 5 rings (SSSR count). The SMILES string of the molecule is O=C1COc2ccc(C(O)CN3CCC(CC4CC4)(C(=O)NCc4cc(C(F)(F)F)cc(C(F)(F)F)c4)CC3)cc2N1. The van der Waals surface area contributed by atoms with Gasteiger partial charge in [-0.15, -0.1) is 0 Å². The third-order valence-corrected chi connectivity index (χ3v) is 8.22. The Labute approximate surface area is 238 Å². The first-order valence-corrected chi connectivity index (χ1v) is 13.8. The highest BCUT2D eigenvalue weighted by molar-refractivity contribution is 5.95. The Balaban J connectivity index is 1.23. The van der Waals surface area contributed by atoms with E-state index in [1.165, 1.54) is 0 Å². The van der Waals surface area contributed by atoms with Crippen molar-refractivity contribution in [2.24, 2.45) is 11.3 Å². The summed E-state index contributed by atoms with van der Waals surface area (Å²) in [5.74, 6) is 0.195. The van der Waals surface area contributed by atoms with Crippen molar-refractivity contribution in [1.82, 2.24) is 10.2 Å². The molecular formula is C29H31F6N3O4. The van der Waals surface area contributed by atoms with Crippen molar-refractivity contribution < 1.29 is 45.8 Å². The van der Waals surface area contributed by atoms with Crippen LogP contribution in [0.2, 0.25) is 0 Å². The van der Waals surface area contributed by atoms with Crippen LogP contribution in [0.3, 0.4) is 0 Å². The van der Waals surface area contributed by atoms with Gasteiger partial charge in [0.25, 0.3) is 5.91 Å². The van der Waals surface area contributed by atoms with Crippen LogP contribution in [0.1, 0.15) is 60.5 Å². The van der Waals surface area contributed by atoms with Crippen molar-refractivity contribution in [2.45, 2.75) is 57.1 Å². The van der Waals surface area contributed by atoms with Gasteiger partial charge in [0.2, 0.25) is 5.91 Å². The lowest BCUT2D eigenvalue weighted by Gasteiger charge is -2.41. The zero-order chi connectivity index (χ0) is 30.3. The highest BCUT2D eigenvalue weighted by Gasteiger charge is 2.45. The number of rotatable bonds is 8. The second-order valence-electron chi connectivity index (χ2n) is 11.4. The number of hydrogen-bond donors (Lipinski definition) is 3. The molecule has 2 amide bonds. The number of nitrogens with zero attached hydrogens (tertiary/aromatic N) is 1. The zero-order valence-electron chi connectivity index (χ0n) is 22.6. The van der Waals surface area contributed by atoms with Gasteiger partial charge >= 0.3 is 12.4 Å². The lowest BCUT2D eigenvalue weighted by Crippen LogP contribution is -2.49. The predicted octanol–water partition coefficient (Wildman–Crippen LogP) is 5.29. The Bertz CT molecular complexity index is 1300. The molecule has 1 saturated carbocycles. The van der Waals surface area contributed by atoms with Gasteiger partial charge in [-0.05, 0) is 79.7 Å². The number of β-amino-alcohol motifs (C(OH)–C–C–N with tert-alkyl or cyclic N) is 1. The molecule has 7 nitrogen and oxygen atoms in total. The van der Waals surface area contributed by atoms with Crippen molar-refractivity contribution in [3.8, 4) is 5.75 Å². The normalized spacial score (nSPS) is 19.8. The summed E-state index contributed by atoms with van der Waals surface area (Å²) in [6.45, 7) is 0.694. The molecule has 2 aliphatic heterocycles. The van der Waals surface area contributed by atoms with E-state index in [1.807, 2.05) is 4.90 Å². The summed E-state index contributed by atoms with van der Waals surface area (Å²) in [6, 6.07) is 6.38. The molecular weight excluding hydrogens is 568 g/mol. The number of likely N-dealkylation sites (tertiary alicyclic amines) is 1.